The summed E-state index contributed by atoms with van der Waals surface area (Å²) in [4.78, 5) is 10.9. The second-order valence-corrected chi connectivity index (χ2v) is 4.46. The summed E-state index contributed by atoms with van der Waals surface area (Å²) in [5.41, 5.74) is 6.91. The van der Waals surface area contributed by atoms with E-state index >= 15 is 0 Å². The molecule has 3 nitrogen and oxygen atoms in total. The third-order valence-corrected chi connectivity index (χ3v) is 2.93. The molecule has 0 saturated carbocycles. The van der Waals surface area contributed by atoms with Crippen LogP contribution in [0.1, 0.15) is 51.9 Å². The average Bonchev–Trinajstić information content (AvgIpc) is 2.24. The van der Waals surface area contributed by atoms with Gasteiger partial charge in [0.1, 0.15) is 6.10 Å². The molecule has 1 aliphatic carbocycles. The number of allylic oxidation sites excluding steroid dienone is 1. The summed E-state index contributed by atoms with van der Waals surface area (Å²) in [5, 5.41) is 0. The quantitative estimate of drug-likeness (QED) is 0.429. The number of unbranched alkanes of at least 4 members (excludes halogenated alkanes) is 2. The highest BCUT2D eigenvalue weighted by molar-refractivity contribution is 5.66. The van der Waals surface area contributed by atoms with Crippen LogP contribution in [-0.2, 0) is 9.53 Å². The second-order valence-electron chi connectivity index (χ2n) is 4.46. The molecule has 0 radical (unpaired) electrons. The van der Waals surface area contributed by atoms with Crippen LogP contribution in [0.25, 0.3) is 0 Å². The summed E-state index contributed by atoms with van der Waals surface area (Å²) in [5.74, 6) is -0.175. The van der Waals surface area contributed by atoms with Crippen LogP contribution in [-0.4, -0.2) is 18.6 Å². The minimum atomic E-state index is -0.175. The highest BCUT2D eigenvalue weighted by atomic mass is 16.5. The maximum atomic E-state index is 10.9. The van der Waals surface area contributed by atoms with Crippen molar-refractivity contribution in [3.63, 3.8) is 0 Å². The molecule has 0 saturated heterocycles. The first-order valence-electron chi connectivity index (χ1n) is 6.29. The Balaban J connectivity index is 2.28. The highest BCUT2D eigenvalue weighted by Crippen LogP contribution is 2.24. The van der Waals surface area contributed by atoms with E-state index in [-0.39, 0.29) is 12.1 Å². The van der Waals surface area contributed by atoms with Crippen LogP contribution in [0.15, 0.2) is 11.6 Å². The van der Waals surface area contributed by atoms with Gasteiger partial charge in [0.2, 0.25) is 0 Å². The molecule has 0 aromatic rings. The number of esters is 1. The second kappa shape index (κ2) is 7.44. The largest absolute Gasteiger partial charge is 0.458 e. The van der Waals surface area contributed by atoms with Gasteiger partial charge in [0.15, 0.2) is 0 Å². The molecule has 1 atom stereocenters. The van der Waals surface area contributed by atoms with Gasteiger partial charge < -0.3 is 10.5 Å². The molecule has 0 spiro atoms. The van der Waals surface area contributed by atoms with Crippen LogP contribution in [0.3, 0.4) is 0 Å². The van der Waals surface area contributed by atoms with E-state index in [2.05, 4.69) is 6.08 Å². The predicted molar refractivity (Wildman–Crippen MR) is 65.0 cm³/mol. The number of carbonyl (C=O) groups is 1. The minimum absolute atomic E-state index is 0.0239. The van der Waals surface area contributed by atoms with Crippen molar-refractivity contribution in [3.05, 3.63) is 11.6 Å². The molecule has 0 aliphatic heterocycles. The van der Waals surface area contributed by atoms with Crippen LogP contribution < -0.4 is 5.73 Å². The van der Waals surface area contributed by atoms with Gasteiger partial charge in [-0.3, -0.25) is 4.79 Å². The summed E-state index contributed by atoms with van der Waals surface area (Å²) in [7, 11) is 0. The number of hydrogen-bond donors (Lipinski definition) is 1. The van der Waals surface area contributed by atoms with Crippen LogP contribution in [0, 0.1) is 0 Å². The Morgan fingerprint density at radius 3 is 3.00 bits per heavy atom. The molecule has 2 N–H and O–H groups in total. The molecule has 0 aromatic heterocycles. The predicted octanol–water partition coefficient (Wildman–Crippen LogP) is 2.55. The minimum Gasteiger partial charge on any atom is -0.458 e. The third kappa shape index (κ3) is 5.31. The van der Waals surface area contributed by atoms with Gasteiger partial charge in [0.25, 0.3) is 0 Å². The standard InChI is InChI=1S/C13H23NO2/c1-11(15)16-13-8-5-7-12(10-13)6-3-2-4-9-14/h10,13H,2-9,14H2,1H3. The van der Waals surface area contributed by atoms with E-state index in [0.29, 0.717) is 0 Å². The zero-order valence-corrected chi connectivity index (χ0v) is 10.2. The Morgan fingerprint density at radius 2 is 2.31 bits per heavy atom. The van der Waals surface area contributed by atoms with Crippen molar-refractivity contribution in [2.45, 2.75) is 58.0 Å². The van der Waals surface area contributed by atoms with Crippen molar-refractivity contribution < 1.29 is 9.53 Å². The monoisotopic (exact) mass is 225 g/mol. The van der Waals surface area contributed by atoms with E-state index < -0.39 is 0 Å². The normalized spacial score (nSPS) is 20.4. The van der Waals surface area contributed by atoms with Gasteiger partial charge in [0, 0.05) is 6.92 Å². The van der Waals surface area contributed by atoms with Gasteiger partial charge in [-0.2, -0.15) is 0 Å². The first-order chi connectivity index (χ1) is 7.72. The maximum Gasteiger partial charge on any atom is 0.303 e. The van der Waals surface area contributed by atoms with Crippen molar-refractivity contribution in [1.29, 1.82) is 0 Å². The molecule has 0 amide bonds. The fourth-order valence-electron chi connectivity index (χ4n) is 2.15. The number of ether oxygens (including phenoxy) is 1. The molecule has 1 rings (SSSR count). The van der Waals surface area contributed by atoms with Crippen LogP contribution in [0.2, 0.25) is 0 Å². The topological polar surface area (TPSA) is 52.3 Å². The molecular formula is C13H23NO2. The van der Waals surface area contributed by atoms with E-state index in [4.69, 9.17) is 10.5 Å². The SMILES string of the molecule is CC(=O)OC1C=C(CCCCCN)CCC1. The Hall–Kier alpha value is -0.830. The first kappa shape index (κ1) is 13.2. The Labute approximate surface area is 98.0 Å². The molecule has 16 heavy (non-hydrogen) atoms. The Morgan fingerprint density at radius 1 is 1.50 bits per heavy atom. The van der Waals surface area contributed by atoms with Crippen molar-refractivity contribution in [3.8, 4) is 0 Å². The van der Waals surface area contributed by atoms with Crippen LogP contribution in [0.4, 0.5) is 0 Å². The van der Waals surface area contributed by atoms with E-state index in [9.17, 15) is 4.79 Å². The summed E-state index contributed by atoms with van der Waals surface area (Å²) in [6.45, 7) is 2.26. The Bertz CT molecular complexity index is 248. The van der Waals surface area contributed by atoms with Crippen molar-refractivity contribution in [1.82, 2.24) is 0 Å². The van der Waals surface area contributed by atoms with Crippen molar-refractivity contribution in [2.75, 3.05) is 6.54 Å². The molecule has 1 aliphatic rings. The molecule has 92 valence electrons. The number of hydrogen-bond acceptors (Lipinski definition) is 3. The lowest BCUT2D eigenvalue weighted by molar-refractivity contribution is -0.144. The number of nitrogens with two attached hydrogens (primary N) is 1. The summed E-state index contributed by atoms with van der Waals surface area (Å²) in [6.07, 6.45) is 10.1. The lowest BCUT2D eigenvalue weighted by Crippen LogP contribution is -2.17. The Kier molecular flexibility index (Phi) is 6.16. The summed E-state index contributed by atoms with van der Waals surface area (Å²) >= 11 is 0. The van der Waals surface area contributed by atoms with Gasteiger partial charge in [-0.05, 0) is 51.1 Å². The van der Waals surface area contributed by atoms with Crippen molar-refractivity contribution in [2.24, 2.45) is 5.73 Å². The summed E-state index contributed by atoms with van der Waals surface area (Å²) in [6, 6.07) is 0. The molecule has 3 heteroatoms. The zero-order chi connectivity index (χ0) is 11.8. The fourth-order valence-corrected chi connectivity index (χ4v) is 2.15. The van der Waals surface area contributed by atoms with E-state index in [0.717, 1.165) is 32.2 Å². The molecular weight excluding hydrogens is 202 g/mol. The van der Waals surface area contributed by atoms with Crippen molar-refractivity contribution >= 4 is 5.97 Å². The zero-order valence-electron chi connectivity index (χ0n) is 10.2. The molecule has 1 unspecified atom stereocenters. The van der Waals surface area contributed by atoms with Gasteiger partial charge in [0.05, 0.1) is 0 Å². The maximum absolute atomic E-state index is 10.9. The lowest BCUT2D eigenvalue weighted by atomic mass is 9.93. The average molecular weight is 225 g/mol. The molecule has 0 heterocycles. The molecule has 0 fully saturated rings. The highest BCUT2D eigenvalue weighted by Gasteiger charge is 2.15. The van der Waals surface area contributed by atoms with Gasteiger partial charge in [-0.25, -0.2) is 0 Å². The van der Waals surface area contributed by atoms with E-state index in [1.807, 2.05) is 0 Å². The van der Waals surface area contributed by atoms with E-state index in [1.165, 1.54) is 31.8 Å². The number of carbonyl (C=O) groups excluding carboxylic acids is 1. The van der Waals surface area contributed by atoms with Gasteiger partial charge in [-0.1, -0.05) is 12.0 Å². The molecule has 0 bridgehead atoms. The fraction of sp³-hybridized carbons (Fsp3) is 0.769. The van der Waals surface area contributed by atoms with E-state index in [1.54, 1.807) is 0 Å². The third-order valence-electron chi connectivity index (χ3n) is 2.93. The van der Waals surface area contributed by atoms with Crippen LogP contribution in [0.5, 0.6) is 0 Å². The smallest absolute Gasteiger partial charge is 0.303 e. The molecule has 0 aromatic carbocycles. The number of rotatable bonds is 6. The van der Waals surface area contributed by atoms with Gasteiger partial charge >= 0.3 is 5.97 Å². The van der Waals surface area contributed by atoms with Crippen LogP contribution >= 0.6 is 0 Å². The lowest BCUT2D eigenvalue weighted by Gasteiger charge is -2.20. The first-order valence-corrected chi connectivity index (χ1v) is 6.29. The summed E-state index contributed by atoms with van der Waals surface area (Å²) < 4.78 is 5.21. The van der Waals surface area contributed by atoms with Gasteiger partial charge in [-0.15, -0.1) is 0 Å².